The Bertz CT molecular complexity index is 1250. The van der Waals surface area contributed by atoms with Gasteiger partial charge in [-0.2, -0.15) is 0 Å². The molecule has 1 heterocycles. The number of carbonyl (C=O) groups excluding carboxylic acids is 1. The Balaban J connectivity index is 1.75. The molecule has 6 heteroatoms. The van der Waals surface area contributed by atoms with Gasteiger partial charge in [0, 0.05) is 22.3 Å². The average Bonchev–Trinajstić information content (AvgIpc) is 3.21. The lowest BCUT2D eigenvalue weighted by atomic mass is 9.72. The second-order valence-corrected chi connectivity index (χ2v) is 11.2. The van der Waals surface area contributed by atoms with Crippen LogP contribution in [0.2, 0.25) is 0 Å². The Labute approximate surface area is 212 Å². The summed E-state index contributed by atoms with van der Waals surface area (Å²) < 4.78 is 10.9. The molecule has 0 radical (unpaired) electrons. The van der Waals surface area contributed by atoms with Crippen molar-refractivity contribution in [1.82, 2.24) is 0 Å². The first-order chi connectivity index (χ1) is 16.7. The molecule has 5 nitrogen and oxygen atoms in total. The average molecular weight is 491 g/mol. The zero-order chi connectivity index (χ0) is 25.2. The monoisotopic (exact) mass is 490 g/mol. The van der Waals surface area contributed by atoms with Crippen molar-refractivity contribution in [2.75, 3.05) is 19.5 Å². The minimum Gasteiger partial charge on any atom is -0.497 e. The number of methoxy groups -OCH3 is 2. The predicted molar refractivity (Wildman–Crippen MR) is 145 cm³/mol. The van der Waals surface area contributed by atoms with E-state index in [1.807, 2.05) is 49.4 Å². The number of para-hydroxylation sites is 1. The zero-order valence-corrected chi connectivity index (χ0v) is 22.2. The molecule has 35 heavy (non-hydrogen) atoms. The van der Waals surface area contributed by atoms with Gasteiger partial charge in [-0.05, 0) is 72.9 Å². The van der Waals surface area contributed by atoms with Crippen molar-refractivity contribution in [3.63, 3.8) is 0 Å². The van der Waals surface area contributed by atoms with Crippen LogP contribution in [0.1, 0.15) is 59.1 Å². The summed E-state index contributed by atoms with van der Waals surface area (Å²) in [6.45, 7) is 8.91. The quantitative estimate of drug-likeness (QED) is 0.371. The van der Waals surface area contributed by atoms with Gasteiger partial charge in [-0.15, -0.1) is 11.3 Å². The van der Waals surface area contributed by atoms with Crippen molar-refractivity contribution in [3.8, 4) is 11.5 Å². The van der Waals surface area contributed by atoms with E-state index in [2.05, 4.69) is 26.1 Å². The molecule has 0 saturated heterocycles. The van der Waals surface area contributed by atoms with Gasteiger partial charge < -0.3 is 14.8 Å². The van der Waals surface area contributed by atoms with Crippen LogP contribution in [-0.2, 0) is 12.8 Å². The molecule has 0 bridgehead atoms. The Morgan fingerprint density at radius 2 is 1.91 bits per heavy atom. The van der Waals surface area contributed by atoms with E-state index in [1.54, 1.807) is 31.8 Å². The molecule has 1 aliphatic carbocycles. The number of aliphatic imine (C=N–C) groups is 1. The minimum atomic E-state index is -0.101. The molecule has 4 rings (SSSR count). The van der Waals surface area contributed by atoms with Crippen LogP contribution >= 0.6 is 11.3 Å². The first-order valence-electron chi connectivity index (χ1n) is 12.0. The summed E-state index contributed by atoms with van der Waals surface area (Å²) in [7, 11) is 3.27. The number of thiophene rings is 1. The number of nitrogens with zero attached hydrogens (tertiary/aromatic N) is 1. The number of ether oxygens (including phenoxy) is 2. The van der Waals surface area contributed by atoms with Gasteiger partial charge in [-0.25, -0.2) is 4.99 Å². The maximum atomic E-state index is 13.6. The molecule has 2 aromatic carbocycles. The van der Waals surface area contributed by atoms with Crippen LogP contribution in [0.4, 0.5) is 10.7 Å². The van der Waals surface area contributed by atoms with Gasteiger partial charge in [0.25, 0.3) is 5.91 Å². The summed E-state index contributed by atoms with van der Waals surface area (Å²) in [5.74, 6) is 1.91. The summed E-state index contributed by atoms with van der Waals surface area (Å²) in [5, 5.41) is 3.87. The number of amides is 1. The van der Waals surface area contributed by atoms with Crippen LogP contribution in [0.5, 0.6) is 11.5 Å². The molecule has 0 spiro atoms. The van der Waals surface area contributed by atoms with Gasteiger partial charge in [0.1, 0.15) is 16.5 Å². The number of rotatable bonds is 6. The van der Waals surface area contributed by atoms with Crippen LogP contribution in [-0.4, -0.2) is 26.3 Å². The van der Waals surface area contributed by atoms with Gasteiger partial charge in [0.15, 0.2) is 0 Å². The van der Waals surface area contributed by atoms with Crippen molar-refractivity contribution in [2.45, 2.75) is 47.0 Å². The number of hydrogen-bond donors (Lipinski definition) is 1. The maximum absolute atomic E-state index is 13.6. The lowest BCUT2D eigenvalue weighted by molar-refractivity contribution is 0.102. The van der Waals surface area contributed by atoms with E-state index in [1.165, 1.54) is 4.88 Å². The third-order valence-electron chi connectivity index (χ3n) is 6.85. The molecular formula is C29H34N2O3S. The number of anilines is 1. The third-order valence-corrected chi connectivity index (χ3v) is 8.01. The van der Waals surface area contributed by atoms with E-state index < -0.39 is 0 Å². The molecule has 0 fully saturated rings. The second-order valence-electron chi connectivity index (χ2n) is 10.1. The highest BCUT2D eigenvalue weighted by atomic mass is 32.1. The molecule has 1 aromatic heterocycles. The Morgan fingerprint density at radius 1 is 1.14 bits per heavy atom. The van der Waals surface area contributed by atoms with E-state index in [4.69, 9.17) is 14.5 Å². The normalized spacial score (nSPS) is 15.7. The Morgan fingerprint density at radius 3 is 2.60 bits per heavy atom. The van der Waals surface area contributed by atoms with Crippen LogP contribution in [0.15, 0.2) is 47.5 Å². The largest absolute Gasteiger partial charge is 0.497 e. The van der Waals surface area contributed by atoms with Crippen molar-refractivity contribution < 1.29 is 14.3 Å². The molecule has 1 atom stereocenters. The van der Waals surface area contributed by atoms with Crippen molar-refractivity contribution >= 4 is 34.1 Å². The lowest BCUT2D eigenvalue weighted by Crippen LogP contribution is -2.27. The first-order valence-corrected chi connectivity index (χ1v) is 12.8. The number of aryl methyl sites for hydroxylation is 1. The predicted octanol–water partition coefficient (Wildman–Crippen LogP) is 7.23. The third kappa shape index (κ3) is 5.43. The highest BCUT2D eigenvalue weighted by Gasteiger charge is 2.33. The molecule has 1 amide bonds. The van der Waals surface area contributed by atoms with E-state index in [9.17, 15) is 4.79 Å². The van der Waals surface area contributed by atoms with E-state index in [-0.39, 0.29) is 11.3 Å². The van der Waals surface area contributed by atoms with Gasteiger partial charge >= 0.3 is 0 Å². The molecule has 0 saturated carbocycles. The molecule has 3 aromatic rings. The fraction of sp³-hybridized carbons (Fsp3) is 0.379. The number of fused-ring (bicyclic) bond motifs is 1. The van der Waals surface area contributed by atoms with Gasteiger partial charge in [0.05, 0.1) is 19.8 Å². The standard InChI is InChI=1S/C29H34N2O3S/c1-18-9-7-8-10-23(18)31-27(32)26-22-13-11-20(29(2,3)4)16-25(22)35-28(26)30-17-19-15-21(33-5)12-14-24(19)34-6/h7-10,12,14-15,17,20H,11,13,16H2,1-6H3,(H,31,32). The topological polar surface area (TPSA) is 59.9 Å². The zero-order valence-electron chi connectivity index (χ0n) is 21.4. The van der Waals surface area contributed by atoms with Gasteiger partial charge in [-0.1, -0.05) is 39.0 Å². The Kier molecular flexibility index (Phi) is 7.31. The highest BCUT2D eigenvalue weighted by Crippen LogP contribution is 2.45. The van der Waals surface area contributed by atoms with Crippen molar-refractivity contribution in [3.05, 3.63) is 69.6 Å². The van der Waals surface area contributed by atoms with E-state index >= 15 is 0 Å². The SMILES string of the molecule is COc1ccc(OC)c(C=Nc2sc3c(c2C(=O)Nc2ccccc2C)CCC(C(C)(C)C)C3)c1. The molecular weight excluding hydrogens is 456 g/mol. The Hall–Kier alpha value is -3.12. The fourth-order valence-electron chi connectivity index (χ4n) is 4.60. The highest BCUT2D eigenvalue weighted by molar-refractivity contribution is 7.16. The van der Waals surface area contributed by atoms with Crippen molar-refractivity contribution in [1.29, 1.82) is 0 Å². The smallest absolute Gasteiger partial charge is 0.259 e. The first kappa shape index (κ1) is 25.0. The fourth-order valence-corrected chi connectivity index (χ4v) is 5.87. The van der Waals surface area contributed by atoms with E-state index in [0.29, 0.717) is 17.2 Å². The number of hydrogen-bond acceptors (Lipinski definition) is 5. The van der Waals surface area contributed by atoms with Crippen molar-refractivity contribution in [2.24, 2.45) is 16.3 Å². The van der Waals surface area contributed by atoms with Crippen LogP contribution in [0.3, 0.4) is 0 Å². The van der Waals surface area contributed by atoms with Crippen LogP contribution < -0.4 is 14.8 Å². The number of carbonyl (C=O) groups is 1. The van der Waals surface area contributed by atoms with E-state index in [0.717, 1.165) is 52.4 Å². The summed E-state index contributed by atoms with van der Waals surface area (Å²) in [4.78, 5) is 19.7. The number of nitrogens with one attached hydrogen (secondary N) is 1. The lowest BCUT2D eigenvalue weighted by Gasteiger charge is -2.33. The molecule has 184 valence electrons. The van der Waals surface area contributed by atoms with Crippen LogP contribution in [0, 0.1) is 18.3 Å². The summed E-state index contributed by atoms with van der Waals surface area (Å²) in [5.41, 5.74) is 4.72. The van der Waals surface area contributed by atoms with Crippen LogP contribution in [0.25, 0.3) is 0 Å². The second kappa shape index (κ2) is 10.2. The summed E-state index contributed by atoms with van der Waals surface area (Å²) in [6, 6.07) is 13.5. The summed E-state index contributed by atoms with van der Waals surface area (Å²) in [6.07, 6.45) is 4.71. The molecule has 1 N–H and O–H groups in total. The minimum absolute atomic E-state index is 0.101. The summed E-state index contributed by atoms with van der Waals surface area (Å²) >= 11 is 1.64. The maximum Gasteiger partial charge on any atom is 0.259 e. The molecule has 1 unspecified atom stereocenters. The molecule has 0 aliphatic heterocycles. The number of benzene rings is 2. The molecule has 1 aliphatic rings. The van der Waals surface area contributed by atoms with Gasteiger partial charge in [-0.3, -0.25) is 4.79 Å². The van der Waals surface area contributed by atoms with Gasteiger partial charge in [0.2, 0.25) is 0 Å².